The van der Waals surface area contributed by atoms with Gasteiger partial charge in [0.25, 0.3) is 0 Å². The van der Waals surface area contributed by atoms with Gasteiger partial charge >= 0.3 is 18.1 Å². The van der Waals surface area contributed by atoms with Crippen LogP contribution in [0.1, 0.15) is 19.8 Å². The van der Waals surface area contributed by atoms with Crippen LogP contribution in [0.4, 0.5) is 13.2 Å². The van der Waals surface area contributed by atoms with Crippen LogP contribution in [0.2, 0.25) is 0 Å². The van der Waals surface area contributed by atoms with E-state index in [0.29, 0.717) is 0 Å². The Balaban J connectivity index is 0.000000399. The van der Waals surface area contributed by atoms with Crippen molar-refractivity contribution in [1.29, 1.82) is 0 Å². The molecule has 3 N–H and O–H groups in total. The number of esters is 1. The van der Waals surface area contributed by atoms with Gasteiger partial charge in [0.05, 0.1) is 13.2 Å². The normalized spacial score (nSPS) is 24.1. The molecule has 0 aromatic rings. The lowest BCUT2D eigenvalue weighted by Crippen LogP contribution is -2.33. The molecule has 0 bridgehead atoms. The maximum atomic E-state index is 11.0. The smallest absolute Gasteiger partial charge is 0.475 e. The van der Waals surface area contributed by atoms with Gasteiger partial charge in [-0.1, -0.05) is 0 Å². The molecule has 112 valence electrons. The van der Waals surface area contributed by atoms with Gasteiger partial charge in [-0.3, -0.25) is 0 Å². The molecule has 9 heteroatoms. The summed E-state index contributed by atoms with van der Waals surface area (Å²) in [5.74, 6) is -3.05. The third-order valence-electron chi connectivity index (χ3n) is 2.35. The molecule has 0 aromatic heterocycles. The van der Waals surface area contributed by atoms with Gasteiger partial charge in [-0.25, -0.2) is 9.59 Å². The van der Waals surface area contributed by atoms with Crippen LogP contribution in [0.15, 0.2) is 0 Å². The predicted octanol–water partition coefficient (Wildman–Crippen LogP) is 0.687. The van der Waals surface area contributed by atoms with E-state index in [1.54, 1.807) is 0 Å². The number of alkyl halides is 3. The predicted molar refractivity (Wildman–Crippen MR) is 57.3 cm³/mol. The van der Waals surface area contributed by atoms with E-state index in [2.05, 4.69) is 4.74 Å². The zero-order valence-corrected chi connectivity index (χ0v) is 10.4. The van der Waals surface area contributed by atoms with Crippen molar-refractivity contribution >= 4 is 11.9 Å². The minimum absolute atomic E-state index is 0.00843. The first-order chi connectivity index (χ1) is 8.59. The molecule has 0 unspecified atom stereocenters. The minimum atomic E-state index is -5.08. The van der Waals surface area contributed by atoms with E-state index in [1.807, 2.05) is 6.92 Å². The van der Waals surface area contributed by atoms with E-state index in [4.69, 9.17) is 20.4 Å². The summed E-state index contributed by atoms with van der Waals surface area (Å²) in [6.45, 7) is 1.88. The number of methoxy groups -OCH3 is 1. The van der Waals surface area contributed by atoms with Crippen LogP contribution in [0.3, 0.4) is 0 Å². The lowest BCUT2D eigenvalue weighted by Gasteiger charge is -2.14. The van der Waals surface area contributed by atoms with Crippen molar-refractivity contribution in [2.45, 2.75) is 44.2 Å². The number of carboxylic acid groups (broad SMARTS) is 1. The number of carbonyl (C=O) groups is 2. The first kappa shape index (κ1) is 17.6. The maximum absolute atomic E-state index is 11.0. The highest BCUT2D eigenvalue weighted by molar-refractivity contribution is 5.74. The van der Waals surface area contributed by atoms with Crippen molar-refractivity contribution in [3.63, 3.8) is 0 Å². The SMILES string of the molecule is COC(=O)[C@H]1CC[C@@H]([C@H](C)N)O1.O=C(O)C(F)(F)F. The number of nitrogens with two attached hydrogens (primary N) is 1. The second-order valence-electron chi connectivity index (χ2n) is 3.93. The third kappa shape index (κ3) is 6.39. The van der Waals surface area contributed by atoms with E-state index < -0.39 is 18.2 Å². The summed E-state index contributed by atoms with van der Waals surface area (Å²) in [4.78, 5) is 19.9. The molecule has 0 spiro atoms. The number of hydrogen-bond acceptors (Lipinski definition) is 5. The van der Waals surface area contributed by atoms with Gasteiger partial charge in [0.2, 0.25) is 0 Å². The maximum Gasteiger partial charge on any atom is 0.490 e. The average molecular weight is 287 g/mol. The van der Waals surface area contributed by atoms with Crippen molar-refractivity contribution in [1.82, 2.24) is 0 Å². The van der Waals surface area contributed by atoms with Gasteiger partial charge in [-0.15, -0.1) is 0 Å². The number of halogens is 3. The summed E-state index contributed by atoms with van der Waals surface area (Å²) in [7, 11) is 1.37. The van der Waals surface area contributed by atoms with Crippen LogP contribution in [0, 0.1) is 0 Å². The van der Waals surface area contributed by atoms with Crippen molar-refractivity contribution in [2.24, 2.45) is 5.73 Å². The third-order valence-corrected chi connectivity index (χ3v) is 2.35. The lowest BCUT2D eigenvalue weighted by molar-refractivity contribution is -0.192. The first-order valence-electron chi connectivity index (χ1n) is 5.38. The average Bonchev–Trinajstić information content (AvgIpc) is 2.76. The summed E-state index contributed by atoms with van der Waals surface area (Å²) in [6, 6.07) is -0.0142. The second-order valence-corrected chi connectivity index (χ2v) is 3.93. The second kappa shape index (κ2) is 7.29. The Kier molecular flexibility index (Phi) is 6.77. The topological polar surface area (TPSA) is 98.9 Å². The summed E-state index contributed by atoms with van der Waals surface area (Å²) >= 11 is 0. The summed E-state index contributed by atoms with van der Waals surface area (Å²) in [5, 5.41) is 7.12. The van der Waals surface area contributed by atoms with E-state index in [9.17, 15) is 18.0 Å². The number of hydrogen-bond donors (Lipinski definition) is 2. The molecule has 3 atom stereocenters. The Bertz CT molecular complexity index is 319. The fraction of sp³-hybridized carbons (Fsp3) is 0.800. The van der Waals surface area contributed by atoms with Crippen molar-refractivity contribution < 1.29 is 37.3 Å². The van der Waals surface area contributed by atoms with Gasteiger partial charge in [0.15, 0.2) is 6.10 Å². The Labute approximate surface area is 107 Å². The summed E-state index contributed by atoms with van der Waals surface area (Å²) in [6.07, 6.45) is -3.91. The zero-order valence-electron chi connectivity index (χ0n) is 10.4. The van der Waals surface area contributed by atoms with E-state index in [0.717, 1.165) is 12.8 Å². The number of carboxylic acids is 1. The van der Waals surface area contributed by atoms with Crippen LogP contribution < -0.4 is 5.73 Å². The van der Waals surface area contributed by atoms with Crippen LogP contribution in [-0.4, -0.2) is 48.6 Å². The molecule has 1 fully saturated rings. The fourth-order valence-corrected chi connectivity index (χ4v) is 1.35. The van der Waals surface area contributed by atoms with Crippen LogP contribution in [0.25, 0.3) is 0 Å². The highest BCUT2D eigenvalue weighted by Gasteiger charge is 2.38. The van der Waals surface area contributed by atoms with E-state index in [1.165, 1.54) is 7.11 Å². The molecule has 0 saturated carbocycles. The minimum Gasteiger partial charge on any atom is -0.475 e. The lowest BCUT2D eigenvalue weighted by atomic mass is 10.1. The number of aliphatic carboxylic acids is 1. The van der Waals surface area contributed by atoms with Crippen molar-refractivity contribution in [2.75, 3.05) is 7.11 Å². The highest BCUT2D eigenvalue weighted by atomic mass is 19.4. The Morgan fingerprint density at radius 2 is 1.89 bits per heavy atom. The van der Waals surface area contributed by atoms with Gasteiger partial charge < -0.3 is 20.3 Å². The molecule has 6 nitrogen and oxygen atoms in total. The first-order valence-corrected chi connectivity index (χ1v) is 5.38. The molecule has 1 heterocycles. The van der Waals surface area contributed by atoms with Gasteiger partial charge in [-0.05, 0) is 19.8 Å². The van der Waals surface area contributed by atoms with Gasteiger partial charge in [-0.2, -0.15) is 13.2 Å². The molecule has 0 aromatic carbocycles. The zero-order chi connectivity index (χ0) is 15.2. The molecule has 0 radical (unpaired) electrons. The van der Waals surface area contributed by atoms with Gasteiger partial charge in [0, 0.05) is 6.04 Å². The highest BCUT2D eigenvalue weighted by Crippen LogP contribution is 2.22. The number of carbonyl (C=O) groups excluding carboxylic acids is 1. The Morgan fingerprint density at radius 1 is 1.42 bits per heavy atom. The molecule has 0 amide bonds. The summed E-state index contributed by atoms with van der Waals surface area (Å²) in [5.41, 5.74) is 5.62. The van der Waals surface area contributed by atoms with E-state index >= 15 is 0 Å². The number of ether oxygens (including phenoxy) is 2. The molecule has 19 heavy (non-hydrogen) atoms. The number of rotatable bonds is 2. The van der Waals surface area contributed by atoms with Gasteiger partial charge in [0.1, 0.15) is 0 Å². The Morgan fingerprint density at radius 3 is 2.16 bits per heavy atom. The molecular formula is C10H16F3NO5. The molecule has 0 aliphatic carbocycles. The quantitative estimate of drug-likeness (QED) is 0.725. The summed E-state index contributed by atoms with van der Waals surface area (Å²) < 4.78 is 41.7. The standard InChI is InChI=1S/C8H15NO3.C2HF3O2/c1-5(9)6-3-4-7(12-6)8(10)11-2;3-2(4,5)1(6)7/h5-7H,3-4,9H2,1-2H3;(H,6,7)/t5-,6-,7+;/m0./s1. The molecule has 1 aliphatic heterocycles. The van der Waals surface area contributed by atoms with Crippen LogP contribution in [0.5, 0.6) is 0 Å². The van der Waals surface area contributed by atoms with Crippen molar-refractivity contribution in [3.05, 3.63) is 0 Å². The van der Waals surface area contributed by atoms with Crippen LogP contribution >= 0.6 is 0 Å². The molecular weight excluding hydrogens is 271 g/mol. The molecule has 1 aliphatic rings. The van der Waals surface area contributed by atoms with Crippen molar-refractivity contribution in [3.8, 4) is 0 Å². The largest absolute Gasteiger partial charge is 0.490 e. The molecule has 1 saturated heterocycles. The van der Waals surface area contributed by atoms with E-state index in [-0.39, 0.29) is 18.1 Å². The fourth-order valence-electron chi connectivity index (χ4n) is 1.35. The van der Waals surface area contributed by atoms with Crippen LogP contribution in [-0.2, 0) is 19.1 Å². The molecule has 1 rings (SSSR count). The Hall–Kier alpha value is -1.35. The monoisotopic (exact) mass is 287 g/mol.